The van der Waals surface area contributed by atoms with Crippen LogP contribution in [0.15, 0.2) is 18.2 Å². The van der Waals surface area contributed by atoms with Gasteiger partial charge in [0.05, 0.1) is 0 Å². The average molecular weight is 239 g/mol. The number of aryl methyl sites for hydroxylation is 1. The zero-order chi connectivity index (χ0) is 11.7. The van der Waals surface area contributed by atoms with E-state index in [1.165, 1.54) is 24.0 Å². The van der Waals surface area contributed by atoms with E-state index in [-0.39, 0.29) is 0 Å². The van der Waals surface area contributed by atoms with Gasteiger partial charge in [0.2, 0.25) is 0 Å². The number of nitrogens with zero attached hydrogens (tertiary/aromatic N) is 1. The zero-order valence-electron chi connectivity index (χ0n) is 9.91. The van der Waals surface area contributed by atoms with Crippen LogP contribution in [0.5, 0.6) is 0 Å². The minimum Gasteiger partial charge on any atom is -0.329 e. The second-order valence-corrected chi connectivity index (χ2v) is 5.09. The van der Waals surface area contributed by atoms with Gasteiger partial charge in [0, 0.05) is 23.7 Å². The Morgan fingerprint density at radius 1 is 1.50 bits per heavy atom. The normalized spacial score (nSPS) is 17.8. The van der Waals surface area contributed by atoms with E-state index < -0.39 is 0 Å². The number of hydrogen-bond acceptors (Lipinski definition) is 2. The first-order chi connectivity index (χ1) is 7.63. The smallest absolute Gasteiger partial charge is 0.0472 e. The first-order valence-electron chi connectivity index (χ1n) is 5.81. The van der Waals surface area contributed by atoms with Crippen LogP contribution in [-0.4, -0.2) is 24.5 Å². The monoisotopic (exact) mass is 238 g/mol. The molecule has 16 heavy (non-hydrogen) atoms. The first-order valence-corrected chi connectivity index (χ1v) is 6.19. The maximum absolute atomic E-state index is 5.97. The molecule has 0 heterocycles. The lowest BCUT2D eigenvalue weighted by atomic mass is 10.00. The molecular formula is C13H19ClN2. The van der Waals surface area contributed by atoms with Crippen molar-refractivity contribution in [3.63, 3.8) is 0 Å². The van der Waals surface area contributed by atoms with Crippen molar-refractivity contribution in [1.82, 2.24) is 4.90 Å². The van der Waals surface area contributed by atoms with Gasteiger partial charge >= 0.3 is 0 Å². The Bertz CT molecular complexity index is 374. The summed E-state index contributed by atoms with van der Waals surface area (Å²) in [4.78, 5) is 2.40. The quantitative estimate of drug-likeness (QED) is 0.874. The second-order valence-electron chi connectivity index (χ2n) is 4.65. The predicted octanol–water partition coefficient (Wildman–Crippen LogP) is 2.74. The van der Waals surface area contributed by atoms with Gasteiger partial charge in [-0.15, -0.1) is 0 Å². The van der Waals surface area contributed by atoms with Crippen molar-refractivity contribution >= 4 is 11.6 Å². The second kappa shape index (κ2) is 4.74. The highest BCUT2D eigenvalue weighted by Gasteiger charge is 2.31. The summed E-state index contributed by atoms with van der Waals surface area (Å²) in [6.45, 7) is 2.76. The summed E-state index contributed by atoms with van der Waals surface area (Å²) in [6.07, 6.45) is 2.61. The van der Waals surface area contributed by atoms with Crippen LogP contribution in [0.4, 0.5) is 0 Å². The van der Waals surface area contributed by atoms with Crippen molar-refractivity contribution in [2.24, 2.45) is 5.73 Å². The molecule has 0 spiro atoms. The summed E-state index contributed by atoms with van der Waals surface area (Å²) >= 11 is 5.97. The van der Waals surface area contributed by atoms with Crippen molar-refractivity contribution in [1.29, 1.82) is 0 Å². The van der Waals surface area contributed by atoms with Crippen LogP contribution in [-0.2, 0) is 0 Å². The van der Waals surface area contributed by atoms with Gasteiger partial charge in [-0.1, -0.05) is 17.7 Å². The van der Waals surface area contributed by atoms with Crippen LogP contribution in [0.25, 0.3) is 0 Å². The van der Waals surface area contributed by atoms with E-state index in [0.29, 0.717) is 12.6 Å². The van der Waals surface area contributed by atoms with Crippen LogP contribution in [0.2, 0.25) is 5.02 Å². The lowest BCUT2D eigenvalue weighted by Crippen LogP contribution is -2.32. The molecule has 0 radical (unpaired) electrons. The Labute approximate surface area is 102 Å². The van der Waals surface area contributed by atoms with Gasteiger partial charge in [0.1, 0.15) is 0 Å². The Hall–Kier alpha value is -0.570. The van der Waals surface area contributed by atoms with Gasteiger partial charge in [-0.05, 0) is 50.1 Å². The van der Waals surface area contributed by atoms with Gasteiger partial charge in [0.15, 0.2) is 0 Å². The van der Waals surface area contributed by atoms with E-state index in [2.05, 4.69) is 24.9 Å². The molecular weight excluding hydrogens is 220 g/mol. The number of rotatable bonds is 4. The minimum atomic E-state index is 0.324. The van der Waals surface area contributed by atoms with Crippen molar-refractivity contribution in [3.05, 3.63) is 34.3 Å². The van der Waals surface area contributed by atoms with Crippen LogP contribution in [0.3, 0.4) is 0 Å². The van der Waals surface area contributed by atoms with Crippen LogP contribution >= 0.6 is 11.6 Å². The van der Waals surface area contributed by atoms with Gasteiger partial charge in [0.25, 0.3) is 0 Å². The number of halogens is 1. The van der Waals surface area contributed by atoms with Gasteiger partial charge in [-0.2, -0.15) is 0 Å². The van der Waals surface area contributed by atoms with Crippen LogP contribution in [0.1, 0.15) is 30.0 Å². The summed E-state index contributed by atoms with van der Waals surface area (Å²) in [5.74, 6) is 0. The molecule has 1 aliphatic rings. The van der Waals surface area contributed by atoms with Gasteiger partial charge in [-0.25, -0.2) is 0 Å². The highest BCUT2D eigenvalue weighted by Crippen LogP contribution is 2.33. The molecule has 0 aromatic heterocycles. The SMILES string of the molecule is Cc1cc(Cl)ccc1C(CN)N(C)C1CC1. The number of nitrogens with two attached hydrogens (primary N) is 1. The molecule has 0 bridgehead atoms. The molecule has 88 valence electrons. The standard InChI is InChI=1S/C13H19ClN2/c1-9-7-10(14)3-6-12(9)13(8-15)16(2)11-4-5-11/h3,6-7,11,13H,4-5,8,15H2,1-2H3. The molecule has 1 aromatic carbocycles. The Balaban J connectivity index is 2.24. The van der Waals surface area contributed by atoms with E-state index in [1.807, 2.05) is 12.1 Å². The fourth-order valence-electron chi connectivity index (χ4n) is 2.26. The molecule has 0 amide bonds. The molecule has 1 aliphatic carbocycles. The number of likely N-dealkylation sites (N-methyl/N-ethyl adjacent to an activating group) is 1. The summed E-state index contributed by atoms with van der Waals surface area (Å²) in [7, 11) is 2.17. The fourth-order valence-corrected chi connectivity index (χ4v) is 2.49. The van der Waals surface area contributed by atoms with Crippen molar-refractivity contribution < 1.29 is 0 Å². The lowest BCUT2D eigenvalue weighted by molar-refractivity contribution is 0.239. The van der Waals surface area contributed by atoms with Crippen molar-refractivity contribution in [2.45, 2.75) is 31.8 Å². The van der Waals surface area contributed by atoms with E-state index in [4.69, 9.17) is 17.3 Å². The fraction of sp³-hybridized carbons (Fsp3) is 0.538. The summed E-state index contributed by atoms with van der Waals surface area (Å²) in [6, 6.07) is 7.12. The van der Waals surface area contributed by atoms with Crippen molar-refractivity contribution in [2.75, 3.05) is 13.6 Å². The molecule has 2 N–H and O–H groups in total. The molecule has 3 heteroatoms. The van der Waals surface area contributed by atoms with E-state index in [1.54, 1.807) is 0 Å². The Morgan fingerprint density at radius 2 is 2.19 bits per heavy atom. The molecule has 0 saturated heterocycles. The summed E-state index contributed by atoms with van der Waals surface area (Å²) < 4.78 is 0. The maximum atomic E-state index is 5.97. The average Bonchev–Trinajstić information content (AvgIpc) is 3.05. The molecule has 1 atom stereocenters. The Kier molecular flexibility index (Phi) is 3.53. The summed E-state index contributed by atoms with van der Waals surface area (Å²) in [5.41, 5.74) is 8.44. The third-order valence-corrected chi connectivity index (χ3v) is 3.66. The largest absolute Gasteiger partial charge is 0.329 e. The van der Waals surface area contributed by atoms with Gasteiger partial charge < -0.3 is 5.73 Å². The summed E-state index contributed by atoms with van der Waals surface area (Å²) in [5, 5.41) is 0.797. The maximum Gasteiger partial charge on any atom is 0.0472 e. The molecule has 1 aromatic rings. The number of hydrogen-bond donors (Lipinski definition) is 1. The molecule has 2 nitrogen and oxygen atoms in total. The van der Waals surface area contributed by atoms with E-state index in [0.717, 1.165) is 11.1 Å². The Morgan fingerprint density at radius 3 is 2.69 bits per heavy atom. The highest BCUT2D eigenvalue weighted by atomic mass is 35.5. The minimum absolute atomic E-state index is 0.324. The van der Waals surface area contributed by atoms with Crippen LogP contribution < -0.4 is 5.73 Å². The topological polar surface area (TPSA) is 29.3 Å². The third kappa shape index (κ3) is 2.40. The highest BCUT2D eigenvalue weighted by molar-refractivity contribution is 6.30. The predicted molar refractivity (Wildman–Crippen MR) is 68.8 cm³/mol. The van der Waals surface area contributed by atoms with Crippen molar-refractivity contribution in [3.8, 4) is 0 Å². The van der Waals surface area contributed by atoms with E-state index in [9.17, 15) is 0 Å². The number of benzene rings is 1. The zero-order valence-corrected chi connectivity index (χ0v) is 10.7. The first kappa shape index (κ1) is 11.9. The molecule has 1 unspecified atom stereocenters. The van der Waals surface area contributed by atoms with Crippen LogP contribution in [0, 0.1) is 6.92 Å². The molecule has 2 rings (SSSR count). The lowest BCUT2D eigenvalue weighted by Gasteiger charge is -2.28. The molecule has 1 saturated carbocycles. The molecule has 0 aliphatic heterocycles. The van der Waals surface area contributed by atoms with Gasteiger partial charge in [-0.3, -0.25) is 4.90 Å². The third-order valence-electron chi connectivity index (χ3n) is 3.43. The van der Waals surface area contributed by atoms with E-state index >= 15 is 0 Å². The molecule has 1 fully saturated rings.